The summed E-state index contributed by atoms with van der Waals surface area (Å²) in [6.07, 6.45) is 0. The van der Waals surface area contributed by atoms with Crippen molar-refractivity contribution in [3.8, 4) is 11.1 Å². The number of carboxylic acid groups (broad SMARTS) is 4. The Kier molecular flexibility index (Phi) is 4.32. The number of benzene rings is 2. The Morgan fingerprint density at radius 2 is 1.17 bits per heavy atom. The van der Waals surface area contributed by atoms with Gasteiger partial charge in [0.25, 0.3) is 0 Å². The van der Waals surface area contributed by atoms with Gasteiger partial charge in [0.05, 0.1) is 22.3 Å². The van der Waals surface area contributed by atoms with Gasteiger partial charge in [-0.05, 0) is 17.2 Å². The van der Waals surface area contributed by atoms with Crippen LogP contribution >= 0.6 is 0 Å². The summed E-state index contributed by atoms with van der Waals surface area (Å²) in [7, 11) is 0. The average Bonchev–Trinajstić information content (AvgIpc) is 2.53. The molecule has 0 fully saturated rings. The van der Waals surface area contributed by atoms with E-state index in [1.807, 2.05) is 0 Å². The van der Waals surface area contributed by atoms with Crippen LogP contribution in [0, 0.1) is 0 Å². The Labute approximate surface area is 137 Å². The zero-order valence-corrected chi connectivity index (χ0v) is 11.9. The lowest BCUT2D eigenvalue weighted by Gasteiger charge is -2.14. The smallest absolute Gasteiger partial charge is 0.337 e. The molecule has 2 rings (SSSR count). The third-order valence-electron chi connectivity index (χ3n) is 3.28. The van der Waals surface area contributed by atoms with Gasteiger partial charge in [0.15, 0.2) is 0 Å². The van der Waals surface area contributed by atoms with Gasteiger partial charge in [-0.1, -0.05) is 30.3 Å². The molecule has 24 heavy (non-hydrogen) atoms. The van der Waals surface area contributed by atoms with Crippen molar-refractivity contribution < 1.29 is 42.5 Å². The van der Waals surface area contributed by atoms with E-state index in [2.05, 4.69) is 0 Å². The van der Waals surface area contributed by atoms with E-state index in [0.717, 1.165) is 6.07 Å². The molecule has 8 heteroatoms. The molecule has 8 nitrogen and oxygen atoms in total. The first-order chi connectivity index (χ1) is 11.3. The van der Waals surface area contributed by atoms with Gasteiger partial charge in [0, 0.05) is 2.85 Å². The van der Waals surface area contributed by atoms with Gasteiger partial charge < -0.3 is 20.4 Å². The Bertz CT molecular complexity index is 878. The van der Waals surface area contributed by atoms with Crippen LogP contribution < -0.4 is 0 Å². The first-order valence-corrected chi connectivity index (χ1v) is 6.45. The lowest BCUT2D eigenvalue weighted by Crippen LogP contribution is -2.20. The van der Waals surface area contributed by atoms with E-state index < -0.39 is 46.1 Å². The molecule has 0 aliphatic heterocycles. The molecule has 0 aromatic heterocycles. The largest absolute Gasteiger partial charge is 0.478 e. The highest BCUT2D eigenvalue weighted by molar-refractivity contribution is 6.16. The van der Waals surface area contributed by atoms with Gasteiger partial charge in [0.1, 0.15) is 0 Å². The van der Waals surface area contributed by atoms with Crippen LogP contribution in [0.2, 0.25) is 0 Å². The predicted molar refractivity (Wildman–Crippen MR) is 83.9 cm³/mol. The summed E-state index contributed by atoms with van der Waals surface area (Å²) in [6, 6.07) is 8.50. The summed E-state index contributed by atoms with van der Waals surface area (Å²) < 4.78 is 0. The lowest BCUT2D eigenvalue weighted by molar-refractivity contribution is 0.0620. The molecule has 0 heterocycles. The second-order valence-electron chi connectivity index (χ2n) is 4.68. The summed E-state index contributed by atoms with van der Waals surface area (Å²) in [5.41, 5.74) is -3.68. The summed E-state index contributed by atoms with van der Waals surface area (Å²) >= 11 is 0. The van der Waals surface area contributed by atoms with Crippen molar-refractivity contribution in [3.05, 3.63) is 58.7 Å². The normalized spacial score (nSPS) is 10.2. The molecule has 0 aliphatic rings. The van der Waals surface area contributed by atoms with E-state index in [0.29, 0.717) is 0 Å². The molecule has 0 spiro atoms. The van der Waals surface area contributed by atoms with Crippen LogP contribution in [0.5, 0.6) is 0 Å². The van der Waals surface area contributed by atoms with E-state index in [1.165, 1.54) is 12.1 Å². The zero-order chi connectivity index (χ0) is 18.0. The highest BCUT2D eigenvalue weighted by Gasteiger charge is 2.32. The van der Waals surface area contributed by atoms with E-state index in [9.17, 15) is 39.6 Å². The summed E-state index contributed by atoms with van der Waals surface area (Å²) in [4.78, 5) is 45.8. The number of aromatic carboxylic acids is 4. The van der Waals surface area contributed by atoms with Crippen LogP contribution in [0.1, 0.15) is 44.3 Å². The Morgan fingerprint density at radius 1 is 0.667 bits per heavy atom. The van der Waals surface area contributed by atoms with Crippen molar-refractivity contribution in [2.75, 3.05) is 0 Å². The topological polar surface area (TPSA) is 149 Å². The fourth-order valence-electron chi connectivity index (χ4n) is 2.36. The van der Waals surface area contributed by atoms with Crippen molar-refractivity contribution >= 4 is 23.9 Å². The quantitative estimate of drug-likeness (QED) is 0.652. The SMILES string of the molecule is O=C(O)c1cc(-c2ccccc2)c(C(=O)O)c(C(=O)O)c1C(=O)O.[HH].[HH]. The van der Waals surface area contributed by atoms with E-state index in [1.54, 1.807) is 18.2 Å². The predicted octanol–water partition coefficient (Wildman–Crippen LogP) is 2.64. The third-order valence-corrected chi connectivity index (χ3v) is 3.28. The minimum Gasteiger partial charge on any atom is -0.478 e. The highest BCUT2D eigenvalue weighted by atomic mass is 16.4. The van der Waals surface area contributed by atoms with E-state index >= 15 is 0 Å². The van der Waals surface area contributed by atoms with Crippen LogP contribution in [0.3, 0.4) is 0 Å². The van der Waals surface area contributed by atoms with Crippen LogP contribution in [0.4, 0.5) is 0 Å². The Morgan fingerprint density at radius 3 is 1.58 bits per heavy atom. The van der Waals surface area contributed by atoms with Crippen LogP contribution in [-0.4, -0.2) is 44.3 Å². The molecular formula is C16H14O8. The minimum absolute atomic E-state index is 0. The van der Waals surface area contributed by atoms with Crippen molar-refractivity contribution in [1.29, 1.82) is 0 Å². The van der Waals surface area contributed by atoms with E-state index in [4.69, 9.17) is 0 Å². The van der Waals surface area contributed by atoms with Gasteiger partial charge in [-0.25, -0.2) is 19.2 Å². The molecule has 0 aliphatic carbocycles. The van der Waals surface area contributed by atoms with Gasteiger partial charge in [-0.3, -0.25) is 0 Å². The molecule has 2 aromatic carbocycles. The molecule has 4 N–H and O–H groups in total. The standard InChI is InChI=1S/C16H10O8.2H2/c17-13(18)9-6-8(7-4-2-1-3-5-7)10(14(19)20)12(16(23)24)11(9)15(21)22;;/h1-6H,(H,17,18)(H,19,20)(H,21,22)(H,23,24);2*1H. The van der Waals surface area contributed by atoms with Crippen molar-refractivity contribution in [2.45, 2.75) is 0 Å². The molecule has 0 radical (unpaired) electrons. The third kappa shape index (κ3) is 2.80. The van der Waals surface area contributed by atoms with E-state index in [-0.39, 0.29) is 14.0 Å². The molecule has 0 unspecified atom stereocenters. The maximum absolute atomic E-state index is 11.6. The highest BCUT2D eigenvalue weighted by Crippen LogP contribution is 2.32. The summed E-state index contributed by atoms with van der Waals surface area (Å²) in [5.74, 6) is -7.04. The molecule has 2 aromatic rings. The van der Waals surface area contributed by atoms with Gasteiger partial charge in [-0.2, -0.15) is 0 Å². The maximum atomic E-state index is 11.6. The van der Waals surface area contributed by atoms with Crippen molar-refractivity contribution in [3.63, 3.8) is 0 Å². The Hall–Kier alpha value is -3.68. The lowest BCUT2D eigenvalue weighted by atomic mass is 9.88. The number of hydrogen-bond donors (Lipinski definition) is 4. The van der Waals surface area contributed by atoms with Crippen LogP contribution in [-0.2, 0) is 0 Å². The Balaban J connectivity index is 0.00000312. The number of carboxylic acids is 4. The van der Waals surface area contributed by atoms with Gasteiger partial charge in [0.2, 0.25) is 0 Å². The minimum atomic E-state index is -1.84. The molecule has 0 atom stereocenters. The second-order valence-corrected chi connectivity index (χ2v) is 4.68. The molecule has 0 saturated heterocycles. The second kappa shape index (κ2) is 6.21. The van der Waals surface area contributed by atoms with Gasteiger partial charge in [-0.15, -0.1) is 0 Å². The molecule has 0 bridgehead atoms. The first kappa shape index (κ1) is 16.7. The number of carbonyl (C=O) groups is 4. The summed E-state index contributed by atoms with van der Waals surface area (Å²) in [6.45, 7) is 0. The van der Waals surface area contributed by atoms with Crippen LogP contribution in [0.25, 0.3) is 11.1 Å². The van der Waals surface area contributed by atoms with Gasteiger partial charge >= 0.3 is 23.9 Å². The fraction of sp³-hybridized carbons (Fsp3) is 0. The van der Waals surface area contributed by atoms with Crippen molar-refractivity contribution in [1.82, 2.24) is 0 Å². The average molecular weight is 334 g/mol. The fourth-order valence-corrected chi connectivity index (χ4v) is 2.36. The first-order valence-electron chi connectivity index (χ1n) is 6.45. The molecule has 126 valence electrons. The van der Waals surface area contributed by atoms with Crippen LogP contribution in [0.15, 0.2) is 36.4 Å². The monoisotopic (exact) mass is 334 g/mol. The zero-order valence-electron chi connectivity index (χ0n) is 11.9. The molecular weight excluding hydrogens is 320 g/mol. The molecule has 0 amide bonds. The molecule has 0 saturated carbocycles. The summed E-state index contributed by atoms with van der Waals surface area (Å²) in [5, 5.41) is 37.1. The van der Waals surface area contributed by atoms with Crippen molar-refractivity contribution in [2.24, 2.45) is 0 Å². The number of hydrogen-bond acceptors (Lipinski definition) is 4. The maximum Gasteiger partial charge on any atom is 0.337 e. The number of rotatable bonds is 5.